The van der Waals surface area contributed by atoms with Gasteiger partial charge < -0.3 is 19.9 Å². The number of halogens is 3. The van der Waals surface area contributed by atoms with Crippen LogP contribution in [0.5, 0.6) is 5.75 Å². The molecule has 10 heteroatoms. The summed E-state index contributed by atoms with van der Waals surface area (Å²) >= 11 is 0. The van der Waals surface area contributed by atoms with Crippen LogP contribution in [0.25, 0.3) is 0 Å². The summed E-state index contributed by atoms with van der Waals surface area (Å²) < 4.78 is 39.4. The highest BCUT2D eigenvalue weighted by molar-refractivity contribution is 5.96. The van der Waals surface area contributed by atoms with Gasteiger partial charge in [-0.2, -0.15) is 13.2 Å². The Morgan fingerprint density at radius 3 is 2.37 bits per heavy atom. The van der Waals surface area contributed by atoms with E-state index in [4.69, 9.17) is 0 Å². The number of hydrogen-bond donors (Lipinski definition) is 2. The molecule has 0 saturated carbocycles. The van der Waals surface area contributed by atoms with Crippen molar-refractivity contribution in [2.75, 3.05) is 6.54 Å². The minimum Gasteiger partial charge on any atom is -0.503 e. The Bertz CT molecular complexity index is 1040. The van der Waals surface area contributed by atoms with E-state index < -0.39 is 34.7 Å². The van der Waals surface area contributed by atoms with Crippen molar-refractivity contribution in [3.63, 3.8) is 0 Å². The fourth-order valence-electron chi connectivity index (χ4n) is 3.33. The summed E-state index contributed by atoms with van der Waals surface area (Å²) in [5.74, 6) is -1.77. The smallest absolute Gasteiger partial charge is 0.416 e. The van der Waals surface area contributed by atoms with Gasteiger partial charge >= 0.3 is 6.18 Å². The summed E-state index contributed by atoms with van der Waals surface area (Å²) in [7, 11) is 0. The molecule has 0 saturated heterocycles. The number of amides is 2. The first kappa shape index (κ1) is 21.4. The molecule has 0 atom stereocenters. The summed E-state index contributed by atoms with van der Waals surface area (Å²) in [6.07, 6.45) is -4.50. The molecule has 2 N–H and O–H groups in total. The first-order valence-corrected chi connectivity index (χ1v) is 9.22. The number of alkyl halides is 3. The maximum atomic E-state index is 12.7. The summed E-state index contributed by atoms with van der Waals surface area (Å²) in [4.78, 5) is 38.6. The largest absolute Gasteiger partial charge is 0.503 e. The highest BCUT2D eigenvalue weighted by atomic mass is 19.4. The number of aromatic hydroxyl groups is 1. The van der Waals surface area contributed by atoms with Crippen molar-refractivity contribution in [2.45, 2.75) is 39.2 Å². The van der Waals surface area contributed by atoms with E-state index in [1.54, 1.807) is 0 Å². The van der Waals surface area contributed by atoms with Crippen LogP contribution in [0, 0.1) is 0 Å². The van der Waals surface area contributed by atoms with E-state index in [9.17, 15) is 32.7 Å². The van der Waals surface area contributed by atoms with E-state index in [0.717, 1.165) is 30.3 Å². The minimum absolute atomic E-state index is 0.0186. The fourth-order valence-corrected chi connectivity index (χ4v) is 3.33. The number of carbonyl (C=O) groups is 2. The Balaban J connectivity index is 1.83. The predicted octanol–water partition coefficient (Wildman–Crippen LogP) is 2.37. The van der Waals surface area contributed by atoms with E-state index >= 15 is 0 Å². The van der Waals surface area contributed by atoms with Gasteiger partial charge in [-0.15, -0.1) is 0 Å². The van der Waals surface area contributed by atoms with Gasteiger partial charge in [-0.25, -0.2) is 0 Å². The number of rotatable bonds is 4. The van der Waals surface area contributed by atoms with Gasteiger partial charge in [-0.05, 0) is 38.1 Å². The molecule has 1 aromatic carbocycles. The number of nitrogens with one attached hydrogen (secondary N) is 1. The van der Waals surface area contributed by atoms with Crippen LogP contribution >= 0.6 is 0 Å². The van der Waals surface area contributed by atoms with Crippen molar-refractivity contribution in [3.8, 4) is 5.75 Å². The fraction of sp³-hybridized carbons (Fsp3) is 0.350. The molecule has 1 aliphatic heterocycles. The van der Waals surface area contributed by atoms with E-state index in [1.807, 2.05) is 13.8 Å². The lowest BCUT2D eigenvalue weighted by Gasteiger charge is -2.34. The minimum atomic E-state index is -4.50. The molecule has 7 nitrogen and oxygen atoms in total. The van der Waals surface area contributed by atoms with Crippen molar-refractivity contribution in [1.29, 1.82) is 0 Å². The number of aromatic nitrogens is 1. The Kier molecular flexibility index (Phi) is 5.60. The van der Waals surface area contributed by atoms with Gasteiger partial charge in [0.25, 0.3) is 11.8 Å². The molecule has 0 aliphatic carbocycles. The van der Waals surface area contributed by atoms with Gasteiger partial charge in [0.2, 0.25) is 5.43 Å². The zero-order valence-electron chi connectivity index (χ0n) is 16.3. The zero-order valence-corrected chi connectivity index (χ0v) is 16.3. The lowest BCUT2D eigenvalue weighted by molar-refractivity contribution is -0.137. The third kappa shape index (κ3) is 4.03. The van der Waals surface area contributed by atoms with Gasteiger partial charge in [-0.3, -0.25) is 14.4 Å². The van der Waals surface area contributed by atoms with Crippen LogP contribution in [0.15, 0.2) is 35.1 Å². The number of pyridine rings is 1. The second-order valence-corrected chi connectivity index (χ2v) is 7.20. The Morgan fingerprint density at radius 1 is 1.17 bits per heavy atom. The van der Waals surface area contributed by atoms with Crippen molar-refractivity contribution < 1.29 is 27.9 Å². The summed E-state index contributed by atoms with van der Waals surface area (Å²) in [6.45, 7) is 4.18. The molecular weight excluding hydrogens is 403 g/mol. The number of benzene rings is 1. The molecule has 1 aromatic heterocycles. The molecular formula is C20H20F3N3O4. The normalized spacial score (nSPS) is 14.1. The Morgan fingerprint density at radius 2 is 1.80 bits per heavy atom. The van der Waals surface area contributed by atoms with Crippen LogP contribution in [-0.2, 0) is 19.3 Å². The highest BCUT2D eigenvalue weighted by Gasteiger charge is 2.32. The average Bonchev–Trinajstić information content (AvgIpc) is 2.68. The predicted molar refractivity (Wildman–Crippen MR) is 101 cm³/mol. The average molecular weight is 423 g/mol. The van der Waals surface area contributed by atoms with Crippen molar-refractivity contribution in [2.24, 2.45) is 0 Å². The molecule has 3 rings (SSSR count). The van der Waals surface area contributed by atoms with Gasteiger partial charge in [0.1, 0.15) is 0 Å². The van der Waals surface area contributed by atoms with Crippen LogP contribution < -0.4 is 10.7 Å². The summed E-state index contributed by atoms with van der Waals surface area (Å²) in [6, 6.07) is 4.73. The molecule has 2 amide bonds. The van der Waals surface area contributed by atoms with E-state index in [0.29, 0.717) is 18.8 Å². The molecule has 160 valence electrons. The topological polar surface area (TPSA) is 91.6 Å². The van der Waals surface area contributed by atoms with Crippen LogP contribution in [0.4, 0.5) is 13.2 Å². The number of hydrogen-bond acceptors (Lipinski definition) is 4. The summed E-state index contributed by atoms with van der Waals surface area (Å²) in [5, 5.41) is 12.7. The van der Waals surface area contributed by atoms with Gasteiger partial charge in [-0.1, -0.05) is 0 Å². The molecule has 0 spiro atoms. The van der Waals surface area contributed by atoms with Crippen molar-refractivity contribution in [3.05, 3.63) is 63.1 Å². The van der Waals surface area contributed by atoms with Crippen molar-refractivity contribution in [1.82, 2.24) is 14.8 Å². The lowest BCUT2D eigenvalue weighted by Crippen LogP contribution is -2.46. The maximum Gasteiger partial charge on any atom is 0.416 e. The van der Waals surface area contributed by atoms with Crippen LogP contribution in [0.1, 0.15) is 46.0 Å². The number of carbonyl (C=O) groups excluding carboxylic acids is 2. The second-order valence-electron chi connectivity index (χ2n) is 7.20. The SMILES string of the molecule is CC(C)N1CCn2c(CNC(=O)c3ccc(C(F)(F)F)cc3)cc(=O)c(O)c2C1=O. The lowest BCUT2D eigenvalue weighted by atomic mass is 10.1. The standard InChI is InChI=1S/C20H20F3N3O4/c1-11(2)25-7-8-26-14(9-15(27)17(28)16(26)19(25)30)10-24-18(29)12-3-5-13(6-4-12)20(21,22)23/h3-6,9,11,28H,7-8,10H2,1-2H3,(H,24,29). The summed E-state index contributed by atoms with van der Waals surface area (Å²) in [5.41, 5.74) is -1.43. The Labute approximate surface area is 169 Å². The third-order valence-corrected chi connectivity index (χ3v) is 4.93. The van der Waals surface area contributed by atoms with E-state index in [-0.39, 0.29) is 23.8 Å². The molecule has 2 heterocycles. The van der Waals surface area contributed by atoms with Crippen molar-refractivity contribution >= 4 is 11.8 Å². The molecule has 1 aliphatic rings. The van der Waals surface area contributed by atoms with E-state index in [1.165, 1.54) is 9.47 Å². The van der Waals surface area contributed by atoms with Gasteiger partial charge in [0.05, 0.1) is 12.1 Å². The molecule has 0 fully saturated rings. The van der Waals surface area contributed by atoms with Gasteiger partial charge in [0.15, 0.2) is 11.4 Å². The second kappa shape index (κ2) is 7.85. The highest BCUT2D eigenvalue weighted by Crippen LogP contribution is 2.29. The molecule has 2 aromatic rings. The molecule has 0 unspecified atom stereocenters. The van der Waals surface area contributed by atoms with Crippen LogP contribution in [-0.4, -0.2) is 39.0 Å². The quantitative estimate of drug-likeness (QED) is 0.790. The van der Waals surface area contributed by atoms with Crippen LogP contribution in [0.2, 0.25) is 0 Å². The number of fused-ring (bicyclic) bond motifs is 1. The monoisotopic (exact) mass is 423 g/mol. The molecule has 0 bridgehead atoms. The number of nitrogens with zero attached hydrogens (tertiary/aromatic N) is 2. The maximum absolute atomic E-state index is 12.7. The van der Waals surface area contributed by atoms with Gasteiger partial charge in [0, 0.05) is 36.5 Å². The first-order chi connectivity index (χ1) is 14.0. The zero-order chi connectivity index (χ0) is 22.2. The first-order valence-electron chi connectivity index (χ1n) is 9.22. The van der Waals surface area contributed by atoms with E-state index in [2.05, 4.69) is 5.32 Å². The molecule has 0 radical (unpaired) electrons. The van der Waals surface area contributed by atoms with Crippen LogP contribution in [0.3, 0.4) is 0 Å². The third-order valence-electron chi connectivity index (χ3n) is 4.93. The molecule has 30 heavy (non-hydrogen) atoms. The Hall–Kier alpha value is -3.30.